The number of pyridine rings is 1. The lowest BCUT2D eigenvalue weighted by Crippen LogP contribution is -2.56. The summed E-state index contributed by atoms with van der Waals surface area (Å²) in [5.41, 5.74) is -0.954. The summed E-state index contributed by atoms with van der Waals surface area (Å²) in [5, 5.41) is 29.2. The Morgan fingerprint density at radius 2 is 1.88 bits per heavy atom. The van der Waals surface area contributed by atoms with E-state index in [2.05, 4.69) is 15.2 Å². The third-order valence-corrected chi connectivity index (χ3v) is 6.40. The van der Waals surface area contributed by atoms with Crippen LogP contribution in [0.5, 0.6) is 11.8 Å². The topological polar surface area (TPSA) is 136 Å². The second kappa shape index (κ2) is 12.1. The largest absolute Gasteiger partial charge is 0.474 e. The lowest BCUT2D eigenvalue weighted by molar-refractivity contribution is -0.187. The van der Waals surface area contributed by atoms with Crippen LogP contribution in [0.1, 0.15) is 38.6 Å². The van der Waals surface area contributed by atoms with Crippen molar-refractivity contribution in [3.05, 3.63) is 41.7 Å². The van der Waals surface area contributed by atoms with Crippen LogP contribution in [-0.2, 0) is 22.1 Å². The molecule has 220 valence electrons. The van der Waals surface area contributed by atoms with Crippen LogP contribution in [0.4, 0.5) is 18.0 Å². The molecule has 2 aliphatic rings. The van der Waals surface area contributed by atoms with Gasteiger partial charge >= 0.3 is 12.3 Å². The van der Waals surface area contributed by atoms with Crippen LogP contribution in [0, 0.1) is 5.92 Å². The summed E-state index contributed by atoms with van der Waals surface area (Å²) < 4.78 is 60.6. The van der Waals surface area contributed by atoms with Gasteiger partial charge in [-0.2, -0.15) is 18.3 Å². The maximum Gasteiger partial charge on any atom is 0.433 e. The summed E-state index contributed by atoms with van der Waals surface area (Å²) in [6.07, 6.45) is -8.49. The van der Waals surface area contributed by atoms with Crippen LogP contribution in [-0.4, -0.2) is 92.7 Å². The number of hydrogen-bond donors (Lipinski definition) is 2. The van der Waals surface area contributed by atoms with Crippen LogP contribution in [0.3, 0.4) is 0 Å². The Morgan fingerprint density at radius 1 is 1.10 bits per heavy atom. The number of carbonyl (C=O) groups excluding carboxylic acids is 1. The van der Waals surface area contributed by atoms with Crippen molar-refractivity contribution in [2.45, 2.75) is 69.8 Å². The van der Waals surface area contributed by atoms with Crippen molar-refractivity contribution in [2.24, 2.45) is 5.92 Å². The van der Waals surface area contributed by atoms with Gasteiger partial charge in [0.1, 0.15) is 36.2 Å². The van der Waals surface area contributed by atoms with Crippen molar-refractivity contribution in [1.82, 2.24) is 20.1 Å². The number of ether oxygens (including phenoxy) is 4. The zero-order valence-corrected chi connectivity index (χ0v) is 22.4. The highest BCUT2D eigenvalue weighted by atomic mass is 19.4. The van der Waals surface area contributed by atoms with E-state index in [1.54, 1.807) is 17.0 Å². The fourth-order valence-corrected chi connectivity index (χ4v) is 4.39. The molecule has 2 aromatic heterocycles. The SMILES string of the molecule is CC(C)(C)OC(=O)N1CCC(Cc2ccc(OC[C@H]3OC[C@H](Oc4cccc(C(F)(F)F)n4)[C@@H](O)[C@H]3O)nn2)C1. The summed E-state index contributed by atoms with van der Waals surface area (Å²) >= 11 is 0. The van der Waals surface area contributed by atoms with Gasteiger partial charge in [0, 0.05) is 25.2 Å². The molecule has 14 heteroatoms. The van der Waals surface area contributed by atoms with Gasteiger partial charge in [0.15, 0.2) is 6.10 Å². The Balaban J connectivity index is 1.23. The zero-order chi connectivity index (χ0) is 29.1. The Labute approximate surface area is 229 Å². The number of aromatic nitrogens is 3. The second-order valence-corrected chi connectivity index (χ2v) is 10.8. The highest BCUT2D eigenvalue weighted by Crippen LogP contribution is 2.29. The van der Waals surface area contributed by atoms with Crippen LogP contribution in [0.2, 0.25) is 0 Å². The molecule has 2 saturated heterocycles. The van der Waals surface area contributed by atoms with Gasteiger partial charge in [0.2, 0.25) is 11.8 Å². The monoisotopic (exact) mass is 570 g/mol. The van der Waals surface area contributed by atoms with Crippen molar-refractivity contribution in [3.8, 4) is 11.8 Å². The number of hydrogen-bond acceptors (Lipinski definition) is 10. The molecular weight excluding hydrogens is 537 g/mol. The molecule has 2 N–H and O–H groups in total. The number of alkyl halides is 3. The molecule has 4 heterocycles. The van der Waals surface area contributed by atoms with Gasteiger partial charge in [-0.05, 0) is 51.7 Å². The average Bonchev–Trinajstić information content (AvgIpc) is 3.35. The van der Waals surface area contributed by atoms with E-state index in [1.165, 1.54) is 6.07 Å². The van der Waals surface area contributed by atoms with E-state index in [1.807, 2.05) is 20.8 Å². The fourth-order valence-electron chi connectivity index (χ4n) is 4.39. The van der Waals surface area contributed by atoms with Gasteiger partial charge in [-0.25, -0.2) is 9.78 Å². The molecule has 1 unspecified atom stereocenters. The Bertz CT molecular complexity index is 1150. The Morgan fingerprint density at radius 3 is 2.55 bits per heavy atom. The smallest absolute Gasteiger partial charge is 0.433 e. The third-order valence-electron chi connectivity index (χ3n) is 6.40. The molecule has 40 heavy (non-hydrogen) atoms. The second-order valence-electron chi connectivity index (χ2n) is 10.8. The van der Waals surface area contributed by atoms with Gasteiger partial charge in [0.05, 0.1) is 12.3 Å². The van der Waals surface area contributed by atoms with Crippen molar-refractivity contribution in [1.29, 1.82) is 0 Å². The molecule has 2 aliphatic heterocycles. The van der Waals surface area contributed by atoms with E-state index < -0.39 is 41.9 Å². The predicted octanol–water partition coefficient (Wildman–Crippen LogP) is 2.64. The van der Waals surface area contributed by atoms with Gasteiger partial charge in [-0.3, -0.25) is 0 Å². The van der Waals surface area contributed by atoms with Crippen LogP contribution >= 0.6 is 0 Å². The Kier molecular flexibility index (Phi) is 9.00. The van der Waals surface area contributed by atoms with E-state index in [0.29, 0.717) is 19.5 Å². The third kappa shape index (κ3) is 7.92. The molecule has 4 rings (SSSR count). The highest BCUT2D eigenvalue weighted by molar-refractivity contribution is 5.68. The van der Waals surface area contributed by atoms with Crippen molar-refractivity contribution in [2.75, 3.05) is 26.3 Å². The molecule has 1 amide bonds. The van der Waals surface area contributed by atoms with E-state index in [-0.39, 0.29) is 37.0 Å². The summed E-state index contributed by atoms with van der Waals surface area (Å²) in [4.78, 5) is 17.4. The molecule has 0 bridgehead atoms. The van der Waals surface area contributed by atoms with E-state index >= 15 is 0 Å². The standard InChI is InChI=1S/C26H33F3N4O7/c1-25(2,3)40-24(36)33-10-9-15(12-33)11-16-7-8-21(32-31-16)38-13-17-22(34)23(35)18(14-37-17)39-20-6-4-5-19(30-20)26(27,28)29/h4-8,15,17-18,22-23,34-35H,9-14H2,1-3H3/t15?,17-,18+,22+,23-/m1/s1. The Hall–Kier alpha value is -3.23. The number of halogens is 3. The quantitative estimate of drug-likeness (QED) is 0.511. The summed E-state index contributed by atoms with van der Waals surface area (Å²) in [6.45, 7) is 6.30. The maximum atomic E-state index is 12.9. The number of likely N-dealkylation sites (tertiary alicyclic amines) is 1. The minimum Gasteiger partial charge on any atom is -0.474 e. The summed E-state index contributed by atoms with van der Waals surface area (Å²) in [6, 6.07) is 6.53. The van der Waals surface area contributed by atoms with E-state index in [0.717, 1.165) is 24.2 Å². The number of carbonyl (C=O) groups is 1. The highest BCUT2D eigenvalue weighted by Gasteiger charge is 2.41. The first-order chi connectivity index (χ1) is 18.8. The molecule has 0 spiro atoms. The molecule has 0 radical (unpaired) electrons. The van der Waals surface area contributed by atoms with E-state index in [4.69, 9.17) is 18.9 Å². The molecule has 2 aromatic rings. The number of aliphatic hydroxyl groups excluding tert-OH is 2. The molecule has 5 atom stereocenters. The maximum absolute atomic E-state index is 12.9. The molecular formula is C26H33F3N4O7. The molecule has 0 saturated carbocycles. The first-order valence-corrected chi connectivity index (χ1v) is 12.9. The van der Waals surface area contributed by atoms with Gasteiger partial charge < -0.3 is 34.1 Å². The van der Waals surface area contributed by atoms with E-state index in [9.17, 15) is 28.2 Å². The number of aliphatic hydroxyl groups is 2. The fraction of sp³-hybridized carbons (Fsp3) is 0.615. The molecule has 0 aliphatic carbocycles. The molecule has 2 fully saturated rings. The lowest BCUT2D eigenvalue weighted by Gasteiger charge is -2.37. The zero-order valence-electron chi connectivity index (χ0n) is 22.4. The number of rotatable bonds is 7. The predicted molar refractivity (Wildman–Crippen MR) is 133 cm³/mol. The minimum atomic E-state index is -4.65. The number of amides is 1. The number of nitrogens with zero attached hydrogens (tertiary/aromatic N) is 4. The first kappa shape index (κ1) is 29.7. The first-order valence-electron chi connectivity index (χ1n) is 12.9. The molecule has 11 nitrogen and oxygen atoms in total. The lowest BCUT2D eigenvalue weighted by atomic mass is 10.0. The summed E-state index contributed by atoms with van der Waals surface area (Å²) in [5.74, 6) is 0.0550. The van der Waals surface area contributed by atoms with Crippen molar-refractivity contribution in [3.63, 3.8) is 0 Å². The van der Waals surface area contributed by atoms with Gasteiger partial charge in [0.25, 0.3) is 0 Å². The minimum absolute atomic E-state index is 0.158. The van der Waals surface area contributed by atoms with Crippen LogP contribution in [0.25, 0.3) is 0 Å². The summed E-state index contributed by atoms with van der Waals surface area (Å²) in [7, 11) is 0. The normalized spacial score (nSPS) is 25.5. The van der Waals surface area contributed by atoms with Gasteiger partial charge in [-0.15, -0.1) is 5.10 Å². The van der Waals surface area contributed by atoms with Crippen LogP contribution in [0.15, 0.2) is 30.3 Å². The molecule has 0 aromatic carbocycles. The van der Waals surface area contributed by atoms with Crippen molar-refractivity contribution < 1.29 is 47.1 Å². The van der Waals surface area contributed by atoms with Crippen LogP contribution < -0.4 is 9.47 Å². The average molecular weight is 571 g/mol. The van der Waals surface area contributed by atoms with Gasteiger partial charge in [-0.1, -0.05) is 6.07 Å². The van der Waals surface area contributed by atoms with Crippen molar-refractivity contribution >= 4 is 6.09 Å².